The summed E-state index contributed by atoms with van der Waals surface area (Å²) in [6, 6.07) is 1.51. The number of pyridine rings is 1. The largest absolute Gasteiger partial charge is 0.326 e. The van der Waals surface area contributed by atoms with Gasteiger partial charge in [0, 0.05) is 29.2 Å². The van der Waals surface area contributed by atoms with Crippen LogP contribution < -0.4 is 5.73 Å². The molecule has 0 bridgehead atoms. The van der Waals surface area contributed by atoms with Crippen molar-refractivity contribution in [2.24, 2.45) is 5.73 Å². The van der Waals surface area contributed by atoms with Crippen molar-refractivity contribution in [2.75, 3.05) is 12.0 Å². The van der Waals surface area contributed by atoms with Crippen molar-refractivity contribution < 1.29 is 8.42 Å². The summed E-state index contributed by atoms with van der Waals surface area (Å²) in [5.41, 5.74) is 6.65. The third-order valence-corrected chi connectivity index (χ3v) is 3.24. The molecule has 1 atom stereocenters. The summed E-state index contributed by atoms with van der Waals surface area (Å²) in [6.45, 7) is 0. The smallest absolute Gasteiger partial charge is 0.148 e. The molecule has 0 amide bonds. The van der Waals surface area contributed by atoms with Crippen LogP contribution in [0, 0.1) is 0 Å². The van der Waals surface area contributed by atoms with Gasteiger partial charge in [-0.05, 0) is 34.0 Å². The van der Waals surface area contributed by atoms with Crippen LogP contribution in [0.2, 0.25) is 0 Å². The average molecular weight is 293 g/mol. The third kappa shape index (κ3) is 5.25. The van der Waals surface area contributed by atoms with Crippen LogP contribution in [0.15, 0.2) is 22.9 Å². The minimum absolute atomic E-state index is 0.000483. The van der Waals surface area contributed by atoms with Crippen LogP contribution in [-0.2, 0) is 16.3 Å². The van der Waals surface area contributed by atoms with E-state index in [2.05, 4.69) is 20.9 Å². The van der Waals surface area contributed by atoms with Gasteiger partial charge in [0.1, 0.15) is 9.84 Å². The number of nitrogens with two attached hydrogens (primary N) is 1. The van der Waals surface area contributed by atoms with Gasteiger partial charge in [-0.3, -0.25) is 4.98 Å². The van der Waals surface area contributed by atoms with Crippen LogP contribution in [0.3, 0.4) is 0 Å². The molecule has 15 heavy (non-hydrogen) atoms. The fraction of sp³-hybridized carbons (Fsp3) is 0.444. The highest BCUT2D eigenvalue weighted by Crippen LogP contribution is 2.11. The van der Waals surface area contributed by atoms with E-state index >= 15 is 0 Å². The van der Waals surface area contributed by atoms with Gasteiger partial charge in [0.25, 0.3) is 0 Å². The maximum atomic E-state index is 11.0. The summed E-state index contributed by atoms with van der Waals surface area (Å²) >= 11 is 3.29. The second-order valence-electron chi connectivity index (χ2n) is 3.57. The molecular weight excluding hydrogens is 280 g/mol. The molecule has 6 heteroatoms. The van der Waals surface area contributed by atoms with Crippen molar-refractivity contribution >= 4 is 25.8 Å². The number of rotatable bonds is 4. The molecule has 84 valence electrons. The molecule has 0 aromatic carbocycles. The number of aromatic nitrogens is 1. The normalized spacial score (nSPS) is 13.8. The summed E-state index contributed by atoms with van der Waals surface area (Å²) in [5, 5.41) is 0. The highest BCUT2D eigenvalue weighted by Gasteiger charge is 2.11. The van der Waals surface area contributed by atoms with E-state index in [1.807, 2.05) is 6.07 Å². The van der Waals surface area contributed by atoms with Crippen LogP contribution in [0.25, 0.3) is 0 Å². The molecule has 0 saturated carbocycles. The Labute approximate surface area is 97.9 Å². The van der Waals surface area contributed by atoms with Gasteiger partial charge >= 0.3 is 0 Å². The first-order chi connectivity index (χ1) is 6.87. The molecule has 0 aliphatic rings. The van der Waals surface area contributed by atoms with E-state index < -0.39 is 9.84 Å². The first kappa shape index (κ1) is 12.6. The van der Waals surface area contributed by atoms with Crippen molar-refractivity contribution in [3.8, 4) is 0 Å². The highest BCUT2D eigenvalue weighted by molar-refractivity contribution is 9.10. The van der Waals surface area contributed by atoms with E-state index in [0.717, 1.165) is 10.0 Å². The molecule has 2 N–H and O–H groups in total. The summed E-state index contributed by atoms with van der Waals surface area (Å²) in [7, 11) is -3.01. The first-order valence-electron chi connectivity index (χ1n) is 4.39. The Bertz CT molecular complexity index is 433. The van der Waals surface area contributed by atoms with Crippen LogP contribution in [0.4, 0.5) is 0 Å². The maximum absolute atomic E-state index is 11.0. The van der Waals surface area contributed by atoms with Crippen LogP contribution >= 0.6 is 15.9 Å². The average Bonchev–Trinajstić information content (AvgIpc) is 1.99. The number of halogens is 1. The Morgan fingerprint density at radius 2 is 2.20 bits per heavy atom. The SMILES string of the molecule is CS(=O)(=O)CC(N)Cc1cncc(Br)c1. The Balaban J connectivity index is 2.63. The molecule has 0 aliphatic carbocycles. The topological polar surface area (TPSA) is 73.0 Å². The molecule has 1 heterocycles. The lowest BCUT2D eigenvalue weighted by atomic mass is 10.1. The Morgan fingerprint density at radius 3 is 2.73 bits per heavy atom. The zero-order chi connectivity index (χ0) is 11.5. The second-order valence-corrected chi connectivity index (χ2v) is 6.67. The summed E-state index contributed by atoms with van der Waals surface area (Å²) < 4.78 is 22.9. The van der Waals surface area contributed by atoms with Gasteiger partial charge in [0.05, 0.1) is 5.75 Å². The number of hydrogen-bond acceptors (Lipinski definition) is 4. The Kier molecular flexibility index (Phi) is 4.24. The van der Waals surface area contributed by atoms with Crippen molar-refractivity contribution in [2.45, 2.75) is 12.5 Å². The molecule has 0 saturated heterocycles. The standard InChI is InChI=1S/C9H13BrN2O2S/c1-15(13,14)6-9(11)3-7-2-8(10)5-12-4-7/h2,4-5,9H,3,6,11H2,1H3. The van der Waals surface area contributed by atoms with Gasteiger partial charge < -0.3 is 5.73 Å². The van der Waals surface area contributed by atoms with E-state index in [1.165, 1.54) is 6.26 Å². The zero-order valence-electron chi connectivity index (χ0n) is 8.35. The zero-order valence-corrected chi connectivity index (χ0v) is 10.8. The molecule has 1 rings (SSSR count). The Hall–Kier alpha value is -0.460. The summed E-state index contributed by atoms with van der Waals surface area (Å²) in [5.74, 6) is -0.000483. The third-order valence-electron chi connectivity index (χ3n) is 1.78. The molecule has 1 aromatic heterocycles. The van der Waals surface area contributed by atoms with Gasteiger partial charge in [-0.2, -0.15) is 0 Å². The minimum Gasteiger partial charge on any atom is -0.326 e. The van der Waals surface area contributed by atoms with Gasteiger partial charge in [-0.25, -0.2) is 8.42 Å². The molecule has 4 nitrogen and oxygen atoms in total. The summed E-state index contributed by atoms with van der Waals surface area (Å²) in [6.07, 6.45) is 5.06. The quantitative estimate of drug-likeness (QED) is 0.889. The van der Waals surface area contributed by atoms with Gasteiger partial charge in [-0.15, -0.1) is 0 Å². The van der Waals surface area contributed by atoms with E-state index in [9.17, 15) is 8.42 Å². The maximum Gasteiger partial charge on any atom is 0.148 e. The minimum atomic E-state index is -3.01. The van der Waals surface area contributed by atoms with Crippen LogP contribution in [0.1, 0.15) is 5.56 Å². The van der Waals surface area contributed by atoms with E-state index in [0.29, 0.717) is 6.42 Å². The number of sulfone groups is 1. The van der Waals surface area contributed by atoms with Crippen molar-refractivity contribution in [1.29, 1.82) is 0 Å². The predicted molar refractivity (Wildman–Crippen MR) is 63.3 cm³/mol. The molecule has 0 spiro atoms. The highest BCUT2D eigenvalue weighted by atomic mass is 79.9. The van der Waals surface area contributed by atoms with Crippen molar-refractivity contribution in [3.63, 3.8) is 0 Å². The van der Waals surface area contributed by atoms with E-state index in [1.54, 1.807) is 12.4 Å². The van der Waals surface area contributed by atoms with Gasteiger partial charge in [0.2, 0.25) is 0 Å². The summed E-state index contributed by atoms with van der Waals surface area (Å²) in [4.78, 5) is 3.98. The molecular formula is C9H13BrN2O2S. The van der Waals surface area contributed by atoms with Crippen molar-refractivity contribution in [1.82, 2.24) is 4.98 Å². The van der Waals surface area contributed by atoms with E-state index in [-0.39, 0.29) is 11.8 Å². The molecule has 0 fully saturated rings. The van der Waals surface area contributed by atoms with E-state index in [4.69, 9.17) is 5.73 Å². The lowest BCUT2D eigenvalue weighted by molar-refractivity contribution is 0.591. The van der Waals surface area contributed by atoms with Crippen LogP contribution in [-0.4, -0.2) is 31.5 Å². The fourth-order valence-corrected chi connectivity index (χ4v) is 2.63. The number of nitrogens with zero attached hydrogens (tertiary/aromatic N) is 1. The number of hydrogen-bond donors (Lipinski definition) is 1. The first-order valence-corrected chi connectivity index (χ1v) is 7.25. The predicted octanol–water partition coefficient (Wildman–Crippen LogP) is 0.759. The van der Waals surface area contributed by atoms with Crippen LogP contribution in [0.5, 0.6) is 0 Å². The lowest BCUT2D eigenvalue weighted by Gasteiger charge is -2.09. The van der Waals surface area contributed by atoms with Crippen molar-refractivity contribution in [3.05, 3.63) is 28.5 Å². The molecule has 0 aliphatic heterocycles. The van der Waals surface area contributed by atoms with Gasteiger partial charge in [0.15, 0.2) is 0 Å². The second kappa shape index (κ2) is 5.05. The lowest BCUT2D eigenvalue weighted by Crippen LogP contribution is -2.31. The molecule has 1 aromatic rings. The fourth-order valence-electron chi connectivity index (χ4n) is 1.32. The monoisotopic (exact) mass is 292 g/mol. The Morgan fingerprint density at radius 1 is 1.53 bits per heavy atom. The molecule has 0 radical (unpaired) electrons. The van der Waals surface area contributed by atoms with Gasteiger partial charge in [-0.1, -0.05) is 0 Å². The molecule has 1 unspecified atom stereocenters.